The largest absolute Gasteiger partial charge is 0.497 e. The Balaban J connectivity index is 2.28. The lowest BCUT2D eigenvalue weighted by atomic mass is 10.3. The van der Waals surface area contributed by atoms with Crippen LogP contribution in [0.3, 0.4) is 0 Å². The van der Waals surface area contributed by atoms with E-state index in [2.05, 4.69) is 4.98 Å². The highest BCUT2D eigenvalue weighted by atomic mass is 35.5. The molecular weight excluding hydrogens is 270 g/mol. The molecule has 5 nitrogen and oxygen atoms in total. The second-order valence-corrected chi connectivity index (χ2v) is 3.97. The van der Waals surface area contributed by atoms with Crippen molar-refractivity contribution in [1.29, 1.82) is 0 Å². The predicted octanol–water partition coefficient (Wildman–Crippen LogP) is 3.23. The Bertz CT molecular complexity index is 615. The molecule has 0 spiro atoms. The third-order valence-electron chi connectivity index (χ3n) is 2.29. The van der Waals surface area contributed by atoms with Crippen LogP contribution in [0.15, 0.2) is 36.4 Å². The van der Waals surface area contributed by atoms with E-state index in [4.69, 9.17) is 26.2 Å². The Morgan fingerprint density at radius 1 is 1.26 bits per heavy atom. The lowest BCUT2D eigenvalue weighted by Gasteiger charge is -2.07. The third-order valence-corrected chi connectivity index (χ3v) is 2.59. The molecule has 1 heterocycles. The lowest BCUT2D eigenvalue weighted by Crippen LogP contribution is -2.02. The Morgan fingerprint density at radius 3 is 2.68 bits per heavy atom. The number of carbonyl (C=O) groups is 1. The van der Waals surface area contributed by atoms with Gasteiger partial charge in [0, 0.05) is 12.1 Å². The van der Waals surface area contributed by atoms with Crippen molar-refractivity contribution in [2.75, 3.05) is 7.11 Å². The van der Waals surface area contributed by atoms with Crippen LogP contribution in [0.25, 0.3) is 0 Å². The second-order valence-electron chi connectivity index (χ2n) is 3.57. The number of carboxylic acid groups (broad SMARTS) is 1. The first-order chi connectivity index (χ1) is 9.10. The first-order valence-corrected chi connectivity index (χ1v) is 5.69. The molecule has 0 saturated heterocycles. The summed E-state index contributed by atoms with van der Waals surface area (Å²) in [5.74, 6) is 0.0616. The fourth-order valence-corrected chi connectivity index (χ4v) is 1.60. The molecule has 2 aromatic rings. The Kier molecular flexibility index (Phi) is 3.87. The molecule has 98 valence electrons. The molecule has 0 aliphatic heterocycles. The van der Waals surface area contributed by atoms with E-state index in [0.717, 1.165) is 0 Å². The first-order valence-electron chi connectivity index (χ1n) is 5.32. The number of hydrogen-bond donors (Lipinski definition) is 1. The van der Waals surface area contributed by atoms with E-state index in [1.807, 2.05) is 0 Å². The van der Waals surface area contributed by atoms with Gasteiger partial charge in [-0.1, -0.05) is 17.7 Å². The van der Waals surface area contributed by atoms with E-state index in [-0.39, 0.29) is 16.6 Å². The maximum absolute atomic E-state index is 10.9. The van der Waals surface area contributed by atoms with Crippen molar-refractivity contribution in [3.8, 4) is 17.4 Å². The van der Waals surface area contributed by atoms with Crippen LogP contribution in [0.4, 0.5) is 0 Å². The van der Waals surface area contributed by atoms with Gasteiger partial charge in [0.05, 0.1) is 12.1 Å². The molecule has 0 bridgehead atoms. The Hall–Kier alpha value is -2.27. The first kappa shape index (κ1) is 13.2. The number of rotatable bonds is 4. The molecule has 2 rings (SSSR count). The van der Waals surface area contributed by atoms with Crippen molar-refractivity contribution in [2.24, 2.45) is 0 Å². The monoisotopic (exact) mass is 279 g/mol. The fourth-order valence-electron chi connectivity index (χ4n) is 1.42. The molecule has 1 aromatic heterocycles. The molecule has 0 fully saturated rings. The summed E-state index contributed by atoms with van der Waals surface area (Å²) in [4.78, 5) is 14.7. The predicted molar refractivity (Wildman–Crippen MR) is 69.3 cm³/mol. The zero-order valence-electron chi connectivity index (χ0n) is 9.96. The van der Waals surface area contributed by atoms with Crippen molar-refractivity contribution in [1.82, 2.24) is 4.98 Å². The second kappa shape index (κ2) is 5.58. The summed E-state index contributed by atoms with van der Waals surface area (Å²) in [6, 6.07) is 9.81. The van der Waals surface area contributed by atoms with E-state index in [1.165, 1.54) is 12.1 Å². The maximum atomic E-state index is 10.9. The van der Waals surface area contributed by atoms with Gasteiger partial charge in [0.15, 0.2) is 5.69 Å². The standard InChI is InChI=1S/C13H10ClNO4/c1-18-8-3-2-4-9(7-8)19-11-6-5-10(14)12(15-11)13(16)17/h2-7H,1H3,(H,16,17). The van der Waals surface area contributed by atoms with Crippen LogP contribution in [-0.4, -0.2) is 23.2 Å². The molecule has 6 heteroatoms. The number of halogens is 1. The van der Waals surface area contributed by atoms with Gasteiger partial charge in [0.2, 0.25) is 5.88 Å². The molecule has 0 saturated carbocycles. The molecule has 0 unspecified atom stereocenters. The van der Waals surface area contributed by atoms with Gasteiger partial charge < -0.3 is 14.6 Å². The van der Waals surface area contributed by atoms with Crippen molar-refractivity contribution in [2.45, 2.75) is 0 Å². The topological polar surface area (TPSA) is 68.7 Å². The summed E-state index contributed by atoms with van der Waals surface area (Å²) in [5, 5.41) is 8.98. The average Bonchev–Trinajstić information content (AvgIpc) is 2.41. The van der Waals surface area contributed by atoms with Crippen molar-refractivity contribution >= 4 is 17.6 Å². The minimum absolute atomic E-state index is 0.0606. The molecule has 19 heavy (non-hydrogen) atoms. The zero-order chi connectivity index (χ0) is 13.8. The van der Waals surface area contributed by atoms with Gasteiger partial charge in [-0.05, 0) is 18.2 Å². The van der Waals surface area contributed by atoms with E-state index in [9.17, 15) is 4.79 Å². The van der Waals surface area contributed by atoms with Crippen molar-refractivity contribution < 1.29 is 19.4 Å². The molecule has 0 aliphatic rings. The highest BCUT2D eigenvalue weighted by Crippen LogP contribution is 2.25. The molecule has 0 aliphatic carbocycles. The Labute approximate surface area is 114 Å². The number of pyridine rings is 1. The van der Waals surface area contributed by atoms with Crippen LogP contribution < -0.4 is 9.47 Å². The molecule has 0 atom stereocenters. The molecule has 1 N–H and O–H groups in total. The summed E-state index contributed by atoms with van der Waals surface area (Å²) in [7, 11) is 1.54. The fraction of sp³-hybridized carbons (Fsp3) is 0.0769. The number of aromatic carboxylic acids is 1. The normalized spacial score (nSPS) is 10.0. The molecule has 1 aromatic carbocycles. The van der Waals surface area contributed by atoms with Gasteiger partial charge in [0.25, 0.3) is 0 Å². The summed E-state index contributed by atoms with van der Waals surface area (Å²) in [6.45, 7) is 0. The quantitative estimate of drug-likeness (QED) is 0.930. The van der Waals surface area contributed by atoms with Crippen LogP contribution >= 0.6 is 11.6 Å². The molecule has 0 amide bonds. The summed E-state index contributed by atoms with van der Waals surface area (Å²) >= 11 is 5.72. The van der Waals surface area contributed by atoms with Gasteiger partial charge in [-0.3, -0.25) is 0 Å². The van der Waals surface area contributed by atoms with Gasteiger partial charge in [-0.2, -0.15) is 0 Å². The van der Waals surface area contributed by atoms with Crippen LogP contribution in [0, 0.1) is 0 Å². The van der Waals surface area contributed by atoms with Crippen LogP contribution in [0.5, 0.6) is 17.4 Å². The summed E-state index contributed by atoms with van der Waals surface area (Å²) in [6.07, 6.45) is 0. The lowest BCUT2D eigenvalue weighted by molar-refractivity contribution is 0.0690. The number of hydrogen-bond acceptors (Lipinski definition) is 4. The summed E-state index contributed by atoms with van der Waals surface area (Å²) in [5.41, 5.74) is -0.248. The summed E-state index contributed by atoms with van der Waals surface area (Å²) < 4.78 is 10.5. The number of benzene rings is 1. The number of ether oxygens (including phenoxy) is 2. The maximum Gasteiger partial charge on any atom is 0.356 e. The van der Waals surface area contributed by atoms with Gasteiger partial charge in [-0.15, -0.1) is 0 Å². The van der Waals surface area contributed by atoms with Crippen molar-refractivity contribution in [3.05, 3.63) is 47.1 Å². The van der Waals surface area contributed by atoms with Crippen LogP contribution in [0.1, 0.15) is 10.5 Å². The van der Waals surface area contributed by atoms with E-state index in [1.54, 1.807) is 31.4 Å². The van der Waals surface area contributed by atoms with Crippen molar-refractivity contribution in [3.63, 3.8) is 0 Å². The minimum Gasteiger partial charge on any atom is -0.497 e. The SMILES string of the molecule is COc1cccc(Oc2ccc(Cl)c(C(=O)O)n2)c1. The smallest absolute Gasteiger partial charge is 0.356 e. The number of carboxylic acids is 1. The number of nitrogens with zero attached hydrogens (tertiary/aromatic N) is 1. The van der Waals surface area contributed by atoms with E-state index in [0.29, 0.717) is 11.5 Å². The van der Waals surface area contributed by atoms with E-state index < -0.39 is 5.97 Å². The number of aromatic nitrogens is 1. The average molecular weight is 280 g/mol. The highest BCUT2D eigenvalue weighted by Gasteiger charge is 2.12. The van der Waals surface area contributed by atoms with Gasteiger partial charge in [-0.25, -0.2) is 9.78 Å². The Morgan fingerprint density at radius 2 is 2.00 bits per heavy atom. The highest BCUT2D eigenvalue weighted by molar-refractivity contribution is 6.33. The third kappa shape index (κ3) is 3.14. The number of methoxy groups -OCH3 is 1. The van der Waals surface area contributed by atoms with Crippen LogP contribution in [0.2, 0.25) is 5.02 Å². The molecule has 0 radical (unpaired) electrons. The minimum atomic E-state index is -1.21. The van der Waals surface area contributed by atoms with Crippen LogP contribution in [-0.2, 0) is 0 Å². The van der Waals surface area contributed by atoms with Gasteiger partial charge in [0.1, 0.15) is 11.5 Å². The van der Waals surface area contributed by atoms with Gasteiger partial charge >= 0.3 is 5.97 Å². The molecular formula is C13H10ClNO4. The zero-order valence-corrected chi connectivity index (χ0v) is 10.7. The van der Waals surface area contributed by atoms with E-state index >= 15 is 0 Å².